The van der Waals surface area contributed by atoms with Crippen LogP contribution in [0.15, 0.2) is 12.1 Å². The number of aryl methyl sites for hydroxylation is 1. The van der Waals surface area contributed by atoms with Crippen LogP contribution in [0.3, 0.4) is 0 Å². The number of carbonyl (C=O) groups is 2. The molecule has 2 amide bonds. The van der Waals surface area contributed by atoms with E-state index in [1.54, 1.807) is 24.0 Å². The predicted molar refractivity (Wildman–Crippen MR) is 111 cm³/mol. The minimum atomic E-state index is -0.513. The highest BCUT2D eigenvalue weighted by atomic mass is 16.6. The topological polar surface area (TPSA) is 68.3 Å². The van der Waals surface area contributed by atoms with Gasteiger partial charge in [0.1, 0.15) is 5.60 Å². The molecule has 7 heteroatoms. The van der Waals surface area contributed by atoms with E-state index in [-0.39, 0.29) is 17.9 Å². The van der Waals surface area contributed by atoms with Crippen LogP contribution in [0, 0.1) is 12.8 Å². The van der Waals surface area contributed by atoms with Gasteiger partial charge in [0.05, 0.1) is 14.2 Å². The van der Waals surface area contributed by atoms with Gasteiger partial charge in [-0.15, -0.1) is 0 Å². The largest absolute Gasteiger partial charge is 0.493 e. The molecule has 0 spiro atoms. The number of hydrogen-bond donors (Lipinski definition) is 0. The SMILES string of the molecule is COc1cc(C)c(CN(C)C(=O)C2CCN(C(=O)OC(C)(C)C)CC2)cc1OC. The summed E-state index contributed by atoms with van der Waals surface area (Å²) in [6.45, 7) is 9.13. The zero-order chi connectivity index (χ0) is 21.8. The molecular weight excluding hydrogens is 372 g/mol. The third-order valence-corrected chi connectivity index (χ3v) is 5.12. The minimum Gasteiger partial charge on any atom is -0.493 e. The van der Waals surface area contributed by atoms with Crippen molar-refractivity contribution in [3.63, 3.8) is 0 Å². The van der Waals surface area contributed by atoms with Gasteiger partial charge in [0.25, 0.3) is 0 Å². The van der Waals surface area contributed by atoms with E-state index in [4.69, 9.17) is 14.2 Å². The molecule has 1 saturated heterocycles. The summed E-state index contributed by atoms with van der Waals surface area (Å²) < 4.78 is 16.1. The highest BCUT2D eigenvalue weighted by molar-refractivity contribution is 5.79. The Bertz CT molecular complexity index is 733. The summed E-state index contributed by atoms with van der Waals surface area (Å²) >= 11 is 0. The van der Waals surface area contributed by atoms with Crippen molar-refractivity contribution in [2.75, 3.05) is 34.4 Å². The average Bonchev–Trinajstić information content (AvgIpc) is 2.67. The van der Waals surface area contributed by atoms with Gasteiger partial charge in [-0.05, 0) is 63.8 Å². The number of hydrogen-bond acceptors (Lipinski definition) is 5. The van der Waals surface area contributed by atoms with Crippen LogP contribution in [-0.2, 0) is 16.1 Å². The number of amides is 2. The Morgan fingerprint density at radius 1 is 1.10 bits per heavy atom. The van der Waals surface area contributed by atoms with E-state index in [2.05, 4.69) is 0 Å². The van der Waals surface area contributed by atoms with E-state index in [9.17, 15) is 9.59 Å². The van der Waals surface area contributed by atoms with Gasteiger partial charge in [-0.3, -0.25) is 4.79 Å². The molecular formula is C22H34N2O5. The number of rotatable bonds is 5. The van der Waals surface area contributed by atoms with Crippen LogP contribution in [0.25, 0.3) is 0 Å². The van der Waals surface area contributed by atoms with E-state index in [1.165, 1.54) is 0 Å². The second-order valence-corrected chi connectivity index (χ2v) is 8.57. The smallest absolute Gasteiger partial charge is 0.410 e. The molecule has 29 heavy (non-hydrogen) atoms. The zero-order valence-corrected chi connectivity index (χ0v) is 18.7. The second kappa shape index (κ2) is 9.37. The first kappa shape index (κ1) is 22.8. The van der Waals surface area contributed by atoms with Gasteiger partial charge in [-0.1, -0.05) is 0 Å². The Balaban J connectivity index is 1.96. The van der Waals surface area contributed by atoms with Crippen LogP contribution in [0.4, 0.5) is 4.79 Å². The lowest BCUT2D eigenvalue weighted by Crippen LogP contribution is -2.45. The van der Waals surface area contributed by atoms with Crippen LogP contribution in [0.5, 0.6) is 11.5 Å². The number of piperidine rings is 1. The molecule has 1 aliphatic rings. The van der Waals surface area contributed by atoms with E-state index < -0.39 is 5.60 Å². The fraction of sp³-hybridized carbons (Fsp3) is 0.636. The Kier molecular flexibility index (Phi) is 7.38. The zero-order valence-electron chi connectivity index (χ0n) is 18.7. The molecule has 7 nitrogen and oxygen atoms in total. The lowest BCUT2D eigenvalue weighted by molar-refractivity contribution is -0.136. The van der Waals surface area contributed by atoms with Gasteiger partial charge in [-0.25, -0.2) is 4.79 Å². The Hall–Kier alpha value is -2.44. The van der Waals surface area contributed by atoms with Crippen molar-refractivity contribution in [3.8, 4) is 11.5 Å². The first-order valence-electron chi connectivity index (χ1n) is 10.00. The summed E-state index contributed by atoms with van der Waals surface area (Å²) in [5.74, 6) is 1.35. The highest BCUT2D eigenvalue weighted by Crippen LogP contribution is 2.31. The summed E-state index contributed by atoms with van der Waals surface area (Å²) in [6.07, 6.45) is 0.985. The summed E-state index contributed by atoms with van der Waals surface area (Å²) in [5.41, 5.74) is 1.55. The fourth-order valence-electron chi connectivity index (χ4n) is 3.47. The molecule has 162 valence electrons. The van der Waals surface area contributed by atoms with Crippen LogP contribution in [-0.4, -0.2) is 61.8 Å². The maximum absolute atomic E-state index is 12.9. The molecule has 0 N–H and O–H groups in total. The number of methoxy groups -OCH3 is 2. The van der Waals surface area contributed by atoms with E-state index in [0.717, 1.165) is 11.1 Å². The Morgan fingerprint density at radius 2 is 1.66 bits per heavy atom. The minimum absolute atomic E-state index is 0.0841. The Labute approximate surface area is 173 Å². The summed E-state index contributed by atoms with van der Waals surface area (Å²) in [5, 5.41) is 0. The monoisotopic (exact) mass is 406 g/mol. The average molecular weight is 407 g/mol. The maximum atomic E-state index is 12.9. The first-order chi connectivity index (χ1) is 13.6. The van der Waals surface area contributed by atoms with Gasteiger partial charge >= 0.3 is 6.09 Å². The highest BCUT2D eigenvalue weighted by Gasteiger charge is 2.31. The molecule has 1 fully saturated rings. The molecule has 0 bridgehead atoms. The van der Waals surface area contributed by atoms with Crippen molar-refractivity contribution in [1.82, 2.24) is 9.80 Å². The van der Waals surface area contributed by atoms with Gasteiger partial charge < -0.3 is 24.0 Å². The fourth-order valence-corrected chi connectivity index (χ4v) is 3.47. The second-order valence-electron chi connectivity index (χ2n) is 8.57. The van der Waals surface area contributed by atoms with Crippen molar-refractivity contribution in [1.29, 1.82) is 0 Å². The molecule has 1 heterocycles. The number of benzene rings is 1. The number of carbonyl (C=O) groups excluding carboxylic acids is 2. The van der Waals surface area contributed by atoms with Gasteiger partial charge in [-0.2, -0.15) is 0 Å². The molecule has 1 aromatic rings. The van der Waals surface area contributed by atoms with Crippen molar-refractivity contribution in [3.05, 3.63) is 23.3 Å². The lowest BCUT2D eigenvalue weighted by Gasteiger charge is -2.34. The quantitative estimate of drug-likeness (QED) is 0.747. The number of likely N-dealkylation sites (tertiary alicyclic amines) is 1. The van der Waals surface area contributed by atoms with Crippen molar-refractivity contribution < 1.29 is 23.8 Å². The van der Waals surface area contributed by atoms with Gasteiger partial charge in [0.2, 0.25) is 5.91 Å². The van der Waals surface area contributed by atoms with E-state index in [0.29, 0.717) is 44.0 Å². The summed E-state index contributed by atoms with van der Waals surface area (Å²) in [4.78, 5) is 28.6. The van der Waals surface area contributed by atoms with E-state index in [1.807, 2.05) is 46.9 Å². The van der Waals surface area contributed by atoms with Gasteiger partial charge in [0, 0.05) is 32.6 Å². The van der Waals surface area contributed by atoms with Crippen LogP contribution >= 0.6 is 0 Å². The molecule has 0 saturated carbocycles. The molecule has 0 unspecified atom stereocenters. The van der Waals surface area contributed by atoms with Crippen molar-refractivity contribution in [2.24, 2.45) is 5.92 Å². The van der Waals surface area contributed by atoms with Crippen molar-refractivity contribution in [2.45, 2.75) is 52.7 Å². The standard InChI is InChI=1S/C22H34N2O5/c1-15-12-18(27-6)19(28-7)13-17(15)14-23(5)20(25)16-8-10-24(11-9-16)21(26)29-22(2,3)4/h12-13,16H,8-11,14H2,1-7H3. The molecule has 0 atom stereocenters. The normalized spacial score (nSPS) is 15.1. The molecule has 0 aromatic heterocycles. The predicted octanol–water partition coefficient (Wildman–Crippen LogP) is 3.62. The first-order valence-corrected chi connectivity index (χ1v) is 10.00. The molecule has 1 aromatic carbocycles. The lowest BCUT2D eigenvalue weighted by atomic mass is 9.95. The number of ether oxygens (including phenoxy) is 3. The molecule has 0 radical (unpaired) electrons. The van der Waals surface area contributed by atoms with Crippen molar-refractivity contribution >= 4 is 12.0 Å². The van der Waals surface area contributed by atoms with Crippen LogP contribution in [0.2, 0.25) is 0 Å². The maximum Gasteiger partial charge on any atom is 0.410 e. The molecule has 2 rings (SSSR count). The summed E-state index contributed by atoms with van der Waals surface area (Å²) in [6, 6.07) is 3.84. The molecule has 0 aliphatic carbocycles. The summed E-state index contributed by atoms with van der Waals surface area (Å²) in [7, 11) is 5.03. The molecule has 1 aliphatic heterocycles. The third kappa shape index (κ3) is 6.02. The van der Waals surface area contributed by atoms with Gasteiger partial charge in [0.15, 0.2) is 11.5 Å². The van der Waals surface area contributed by atoms with Crippen LogP contribution < -0.4 is 9.47 Å². The Morgan fingerprint density at radius 3 is 2.17 bits per heavy atom. The number of nitrogens with zero attached hydrogens (tertiary/aromatic N) is 2. The van der Waals surface area contributed by atoms with Crippen LogP contribution in [0.1, 0.15) is 44.7 Å². The van der Waals surface area contributed by atoms with E-state index >= 15 is 0 Å². The third-order valence-electron chi connectivity index (χ3n) is 5.12.